The zero-order valence-electron chi connectivity index (χ0n) is 11.9. The maximum atomic E-state index is 11.9. The highest BCUT2D eigenvalue weighted by molar-refractivity contribution is 6.09. The number of para-hydroxylation sites is 2. The minimum Gasteiger partial charge on any atom is -0.469 e. The van der Waals surface area contributed by atoms with Crippen LogP contribution in [0.25, 0.3) is 21.8 Å². The van der Waals surface area contributed by atoms with Crippen molar-refractivity contribution in [1.82, 2.24) is 4.57 Å². The molecule has 1 atom stereocenters. The summed E-state index contributed by atoms with van der Waals surface area (Å²) >= 11 is 0. The first-order valence-electron chi connectivity index (χ1n) is 6.69. The zero-order valence-corrected chi connectivity index (χ0v) is 11.9. The second kappa shape index (κ2) is 4.67. The number of ether oxygens (including phenoxy) is 1. The van der Waals surface area contributed by atoms with E-state index >= 15 is 0 Å². The molecule has 0 fully saturated rings. The summed E-state index contributed by atoms with van der Waals surface area (Å²) in [5, 5.41) is 2.39. The molecule has 102 valence electrons. The van der Waals surface area contributed by atoms with Crippen LogP contribution in [0.5, 0.6) is 0 Å². The molecule has 2 aromatic carbocycles. The summed E-state index contributed by atoms with van der Waals surface area (Å²) in [5.41, 5.74) is 3.28. The summed E-state index contributed by atoms with van der Waals surface area (Å²) < 4.78 is 7.03. The molecule has 20 heavy (non-hydrogen) atoms. The number of esters is 1. The van der Waals surface area contributed by atoms with Crippen LogP contribution in [-0.2, 0) is 16.6 Å². The van der Waals surface area contributed by atoms with Gasteiger partial charge < -0.3 is 9.30 Å². The number of carbonyl (C=O) groups is 1. The van der Waals surface area contributed by atoms with Crippen LogP contribution in [0.4, 0.5) is 0 Å². The Hall–Kier alpha value is -2.29. The van der Waals surface area contributed by atoms with Gasteiger partial charge in [0.05, 0.1) is 18.5 Å². The fourth-order valence-corrected chi connectivity index (χ4v) is 2.92. The number of benzene rings is 2. The lowest BCUT2D eigenvalue weighted by Gasteiger charge is -2.12. The number of methoxy groups -OCH3 is 1. The highest BCUT2D eigenvalue weighted by Crippen LogP contribution is 2.33. The largest absolute Gasteiger partial charge is 0.469 e. The molecular formula is C17H17NO2. The molecule has 0 saturated heterocycles. The van der Waals surface area contributed by atoms with Crippen LogP contribution >= 0.6 is 0 Å². The van der Waals surface area contributed by atoms with Gasteiger partial charge in [-0.25, -0.2) is 0 Å². The lowest BCUT2D eigenvalue weighted by atomic mass is 9.98. The minimum absolute atomic E-state index is 0.206. The van der Waals surface area contributed by atoms with E-state index < -0.39 is 0 Å². The molecular weight excluding hydrogens is 250 g/mol. The van der Waals surface area contributed by atoms with E-state index in [0.29, 0.717) is 0 Å². The molecule has 0 radical (unpaired) electrons. The van der Waals surface area contributed by atoms with Gasteiger partial charge in [0, 0.05) is 23.3 Å². The first-order valence-corrected chi connectivity index (χ1v) is 6.69. The number of aryl methyl sites for hydroxylation is 1. The maximum absolute atomic E-state index is 11.9. The molecule has 3 heteroatoms. The molecule has 1 heterocycles. The first-order chi connectivity index (χ1) is 9.65. The Balaban J connectivity index is 2.37. The van der Waals surface area contributed by atoms with Gasteiger partial charge in [-0.2, -0.15) is 0 Å². The van der Waals surface area contributed by atoms with Crippen molar-refractivity contribution in [3.05, 3.63) is 48.0 Å². The van der Waals surface area contributed by atoms with Gasteiger partial charge in [-0.05, 0) is 18.6 Å². The van der Waals surface area contributed by atoms with Gasteiger partial charge in [-0.3, -0.25) is 4.79 Å². The van der Waals surface area contributed by atoms with E-state index in [9.17, 15) is 4.79 Å². The summed E-state index contributed by atoms with van der Waals surface area (Å²) in [4.78, 5) is 11.9. The quantitative estimate of drug-likeness (QED) is 0.664. The van der Waals surface area contributed by atoms with E-state index in [1.54, 1.807) is 0 Å². The Morgan fingerprint density at radius 3 is 2.55 bits per heavy atom. The number of rotatable bonds is 2. The molecule has 0 aliphatic carbocycles. The predicted octanol–water partition coefficient (Wildman–Crippen LogP) is 3.61. The average Bonchev–Trinajstić information content (AvgIpc) is 2.80. The molecule has 0 saturated carbocycles. The second-order valence-corrected chi connectivity index (χ2v) is 5.06. The van der Waals surface area contributed by atoms with Gasteiger partial charge in [0.2, 0.25) is 0 Å². The molecule has 1 aromatic heterocycles. The Bertz CT molecular complexity index is 801. The third-order valence-corrected chi connectivity index (χ3v) is 3.98. The minimum atomic E-state index is -0.272. The molecule has 0 aliphatic heterocycles. The van der Waals surface area contributed by atoms with Crippen LogP contribution < -0.4 is 0 Å². The van der Waals surface area contributed by atoms with Crippen molar-refractivity contribution >= 4 is 27.8 Å². The van der Waals surface area contributed by atoms with Crippen LogP contribution in [0.15, 0.2) is 42.5 Å². The normalized spacial score (nSPS) is 12.8. The van der Waals surface area contributed by atoms with Gasteiger partial charge in [0.25, 0.3) is 0 Å². The molecule has 1 unspecified atom stereocenters. The van der Waals surface area contributed by atoms with E-state index in [-0.39, 0.29) is 11.9 Å². The van der Waals surface area contributed by atoms with Gasteiger partial charge in [0.15, 0.2) is 0 Å². The molecule has 0 aliphatic rings. The van der Waals surface area contributed by atoms with Crippen LogP contribution in [0.2, 0.25) is 0 Å². The number of aromatic nitrogens is 1. The maximum Gasteiger partial charge on any atom is 0.312 e. The van der Waals surface area contributed by atoms with Gasteiger partial charge in [0.1, 0.15) is 0 Å². The van der Waals surface area contributed by atoms with Crippen LogP contribution in [0, 0.1) is 0 Å². The van der Waals surface area contributed by atoms with Crippen molar-refractivity contribution in [2.75, 3.05) is 7.11 Å². The van der Waals surface area contributed by atoms with Crippen molar-refractivity contribution < 1.29 is 9.53 Å². The summed E-state index contributed by atoms with van der Waals surface area (Å²) in [6, 6.07) is 14.4. The van der Waals surface area contributed by atoms with Crippen molar-refractivity contribution in [2.24, 2.45) is 7.05 Å². The second-order valence-electron chi connectivity index (χ2n) is 5.06. The standard InChI is InChI=1S/C17H17NO2/c1-11(17(19)20-3)12-8-6-9-14-13-7-4-5-10-15(13)18(2)16(12)14/h4-11H,1-3H3. The first kappa shape index (κ1) is 12.7. The summed E-state index contributed by atoms with van der Waals surface area (Å²) in [7, 11) is 3.47. The molecule has 0 bridgehead atoms. The van der Waals surface area contributed by atoms with Crippen molar-refractivity contribution in [3.63, 3.8) is 0 Å². The summed E-state index contributed by atoms with van der Waals surface area (Å²) in [6.07, 6.45) is 0. The van der Waals surface area contributed by atoms with Gasteiger partial charge in [-0.1, -0.05) is 36.4 Å². The number of fused-ring (bicyclic) bond motifs is 3. The smallest absolute Gasteiger partial charge is 0.312 e. The fraction of sp³-hybridized carbons (Fsp3) is 0.235. The zero-order chi connectivity index (χ0) is 14.3. The lowest BCUT2D eigenvalue weighted by molar-refractivity contribution is -0.141. The number of nitrogens with zero attached hydrogens (tertiary/aromatic N) is 1. The van der Waals surface area contributed by atoms with Crippen LogP contribution in [0.1, 0.15) is 18.4 Å². The Morgan fingerprint density at radius 1 is 1.10 bits per heavy atom. The molecule has 0 N–H and O–H groups in total. The van der Waals surface area contributed by atoms with Crippen molar-refractivity contribution in [3.8, 4) is 0 Å². The van der Waals surface area contributed by atoms with Gasteiger partial charge >= 0.3 is 5.97 Å². The predicted molar refractivity (Wildman–Crippen MR) is 80.9 cm³/mol. The monoisotopic (exact) mass is 267 g/mol. The summed E-state index contributed by atoms with van der Waals surface area (Å²) in [5.74, 6) is -0.477. The molecule has 3 rings (SSSR count). The van der Waals surface area contributed by atoms with Crippen LogP contribution in [0.3, 0.4) is 0 Å². The topological polar surface area (TPSA) is 31.2 Å². The van der Waals surface area contributed by atoms with Crippen molar-refractivity contribution in [1.29, 1.82) is 0 Å². The average molecular weight is 267 g/mol. The van der Waals surface area contributed by atoms with E-state index in [0.717, 1.165) is 11.1 Å². The molecule has 0 spiro atoms. The van der Waals surface area contributed by atoms with E-state index in [2.05, 4.69) is 22.8 Å². The summed E-state index contributed by atoms with van der Waals surface area (Å²) in [6.45, 7) is 1.89. The highest BCUT2D eigenvalue weighted by atomic mass is 16.5. The number of carbonyl (C=O) groups excluding carboxylic acids is 1. The van der Waals surface area contributed by atoms with Crippen LogP contribution in [-0.4, -0.2) is 17.6 Å². The molecule has 3 nitrogen and oxygen atoms in total. The Kier molecular flexibility index (Phi) is 2.97. The number of hydrogen-bond donors (Lipinski definition) is 0. The molecule has 0 amide bonds. The lowest BCUT2D eigenvalue weighted by Crippen LogP contribution is -2.11. The Morgan fingerprint density at radius 2 is 1.80 bits per heavy atom. The third-order valence-electron chi connectivity index (χ3n) is 3.98. The van der Waals surface area contributed by atoms with Crippen molar-refractivity contribution in [2.45, 2.75) is 12.8 Å². The Labute approximate surface area is 117 Å². The SMILES string of the molecule is COC(=O)C(C)c1cccc2c3ccccc3n(C)c12. The third kappa shape index (κ3) is 1.70. The van der Waals surface area contributed by atoms with E-state index in [4.69, 9.17) is 4.74 Å². The fourth-order valence-electron chi connectivity index (χ4n) is 2.92. The number of hydrogen-bond acceptors (Lipinski definition) is 2. The van der Waals surface area contributed by atoms with E-state index in [1.807, 2.05) is 38.2 Å². The van der Waals surface area contributed by atoms with Gasteiger partial charge in [-0.15, -0.1) is 0 Å². The molecule has 3 aromatic rings. The highest BCUT2D eigenvalue weighted by Gasteiger charge is 2.20. The van der Waals surface area contributed by atoms with E-state index in [1.165, 1.54) is 23.4 Å².